The van der Waals surface area contributed by atoms with Gasteiger partial charge >= 0.3 is 0 Å². The Hall–Kier alpha value is -3.27. The molecule has 4 rings (SSSR count). The Morgan fingerprint density at radius 2 is 1.71 bits per heavy atom. The third-order valence-corrected chi connectivity index (χ3v) is 4.05. The van der Waals surface area contributed by atoms with E-state index < -0.39 is 0 Å². The Morgan fingerprint density at radius 3 is 2.46 bits per heavy atom. The number of benzene rings is 2. The first-order valence-electron chi connectivity index (χ1n) is 7.86. The van der Waals surface area contributed by atoms with Gasteiger partial charge in [-0.15, -0.1) is 0 Å². The van der Waals surface area contributed by atoms with Gasteiger partial charge in [0, 0.05) is 23.0 Å². The Balaban J connectivity index is 1.67. The number of nitrogens with one attached hydrogen (secondary N) is 1. The van der Waals surface area contributed by atoms with Gasteiger partial charge in [0.05, 0.1) is 17.4 Å². The molecular weight excluding hydrogens is 296 g/mol. The van der Waals surface area contributed by atoms with E-state index in [-0.39, 0.29) is 0 Å². The van der Waals surface area contributed by atoms with Crippen molar-refractivity contribution in [2.24, 2.45) is 0 Å². The second-order valence-electron chi connectivity index (χ2n) is 5.90. The number of rotatable bonds is 3. The van der Waals surface area contributed by atoms with E-state index in [1.54, 1.807) is 6.20 Å². The molecule has 0 radical (unpaired) electrons. The summed E-state index contributed by atoms with van der Waals surface area (Å²) in [4.78, 5) is 4.39. The standard InChI is InChI=1S/C20H18N4/c1-14-2-5-17(6-3-14)23-18-7-8-19-15(12-18)10-11-24(19)20-9-4-16(21)13-22-20/h2-13,23H,21H2,1H3. The maximum atomic E-state index is 5.72. The molecule has 4 aromatic rings. The van der Waals surface area contributed by atoms with Gasteiger partial charge in [0.15, 0.2) is 0 Å². The zero-order valence-electron chi connectivity index (χ0n) is 13.4. The SMILES string of the molecule is Cc1ccc(Nc2ccc3c(ccn3-c3ccc(N)cn3)c2)cc1. The second kappa shape index (κ2) is 5.74. The number of hydrogen-bond donors (Lipinski definition) is 2. The monoisotopic (exact) mass is 314 g/mol. The second-order valence-corrected chi connectivity index (χ2v) is 5.90. The molecule has 0 atom stereocenters. The number of nitrogens with two attached hydrogens (primary N) is 1. The largest absolute Gasteiger partial charge is 0.397 e. The van der Waals surface area contributed by atoms with Crippen LogP contribution in [0.1, 0.15) is 5.56 Å². The van der Waals surface area contributed by atoms with Gasteiger partial charge in [-0.2, -0.15) is 0 Å². The van der Waals surface area contributed by atoms with Crippen molar-refractivity contribution in [3.63, 3.8) is 0 Å². The first kappa shape index (κ1) is 14.3. The average Bonchev–Trinajstić information content (AvgIpc) is 3.01. The molecule has 0 bridgehead atoms. The number of anilines is 3. The lowest BCUT2D eigenvalue weighted by Crippen LogP contribution is -1.96. The molecule has 0 fully saturated rings. The Labute approximate surface area is 140 Å². The van der Waals surface area contributed by atoms with Crippen LogP contribution >= 0.6 is 0 Å². The van der Waals surface area contributed by atoms with Crippen molar-refractivity contribution in [3.05, 3.63) is 78.6 Å². The van der Waals surface area contributed by atoms with Crippen LogP contribution in [0.15, 0.2) is 73.1 Å². The summed E-state index contributed by atoms with van der Waals surface area (Å²) in [6.07, 6.45) is 3.70. The number of fused-ring (bicyclic) bond motifs is 1. The minimum atomic E-state index is 0.666. The van der Waals surface area contributed by atoms with E-state index in [1.165, 1.54) is 5.56 Å². The summed E-state index contributed by atoms with van der Waals surface area (Å²) in [5.41, 5.74) is 10.9. The fourth-order valence-corrected chi connectivity index (χ4v) is 2.76. The minimum Gasteiger partial charge on any atom is -0.397 e. The molecule has 0 spiro atoms. The first-order chi connectivity index (χ1) is 11.7. The summed E-state index contributed by atoms with van der Waals surface area (Å²) in [7, 11) is 0. The van der Waals surface area contributed by atoms with Gasteiger partial charge in [0.25, 0.3) is 0 Å². The lowest BCUT2D eigenvalue weighted by Gasteiger charge is -2.08. The van der Waals surface area contributed by atoms with Crippen LogP contribution in [0.25, 0.3) is 16.7 Å². The Bertz CT molecular complexity index is 983. The fourth-order valence-electron chi connectivity index (χ4n) is 2.76. The molecule has 0 saturated heterocycles. The third-order valence-electron chi connectivity index (χ3n) is 4.05. The number of pyridine rings is 1. The number of nitrogen functional groups attached to an aromatic ring is 1. The molecule has 4 nitrogen and oxygen atoms in total. The van der Waals surface area contributed by atoms with Gasteiger partial charge in [-0.05, 0) is 55.5 Å². The highest BCUT2D eigenvalue weighted by Crippen LogP contribution is 2.25. The van der Waals surface area contributed by atoms with Crippen molar-refractivity contribution >= 4 is 28.0 Å². The predicted octanol–water partition coefficient (Wildman–Crippen LogP) is 4.66. The van der Waals surface area contributed by atoms with Gasteiger partial charge in [0.1, 0.15) is 5.82 Å². The molecule has 0 aliphatic carbocycles. The molecule has 0 amide bonds. The molecule has 0 saturated carbocycles. The van der Waals surface area contributed by atoms with Gasteiger partial charge in [-0.25, -0.2) is 4.98 Å². The fraction of sp³-hybridized carbons (Fsp3) is 0.0500. The Morgan fingerprint density at radius 1 is 0.917 bits per heavy atom. The first-order valence-corrected chi connectivity index (χ1v) is 7.86. The van der Waals surface area contributed by atoms with Crippen molar-refractivity contribution < 1.29 is 0 Å². The number of hydrogen-bond acceptors (Lipinski definition) is 3. The van der Waals surface area contributed by atoms with E-state index in [0.29, 0.717) is 5.69 Å². The van der Waals surface area contributed by atoms with Crippen LogP contribution in [0.4, 0.5) is 17.1 Å². The van der Waals surface area contributed by atoms with Crippen LogP contribution in [0.2, 0.25) is 0 Å². The molecule has 2 heterocycles. The number of aryl methyl sites for hydroxylation is 1. The van der Waals surface area contributed by atoms with E-state index >= 15 is 0 Å². The third kappa shape index (κ3) is 2.70. The van der Waals surface area contributed by atoms with Gasteiger partial charge in [-0.3, -0.25) is 0 Å². The molecule has 24 heavy (non-hydrogen) atoms. The molecule has 2 aromatic heterocycles. The summed E-state index contributed by atoms with van der Waals surface area (Å²) < 4.78 is 2.06. The molecule has 0 aliphatic rings. The van der Waals surface area contributed by atoms with E-state index in [2.05, 4.69) is 70.3 Å². The van der Waals surface area contributed by atoms with E-state index in [1.807, 2.05) is 18.3 Å². The van der Waals surface area contributed by atoms with Crippen molar-refractivity contribution in [3.8, 4) is 5.82 Å². The summed E-state index contributed by atoms with van der Waals surface area (Å²) in [5, 5.41) is 4.60. The summed E-state index contributed by atoms with van der Waals surface area (Å²) in [6.45, 7) is 2.09. The summed E-state index contributed by atoms with van der Waals surface area (Å²) in [6, 6.07) is 20.6. The molecule has 3 N–H and O–H groups in total. The van der Waals surface area contributed by atoms with Crippen LogP contribution in [-0.4, -0.2) is 9.55 Å². The van der Waals surface area contributed by atoms with Crippen molar-refractivity contribution in [1.29, 1.82) is 0 Å². The highest BCUT2D eigenvalue weighted by molar-refractivity contribution is 5.86. The minimum absolute atomic E-state index is 0.666. The number of aromatic nitrogens is 2. The molecule has 0 aliphatic heterocycles. The molecule has 118 valence electrons. The molecule has 0 unspecified atom stereocenters. The topological polar surface area (TPSA) is 55.9 Å². The zero-order valence-corrected chi connectivity index (χ0v) is 13.4. The highest BCUT2D eigenvalue weighted by Gasteiger charge is 2.05. The van der Waals surface area contributed by atoms with Gasteiger partial charge in [-0.1, -0.05) is 17.7 Å². The van der Waals surface area contributed by atoms with Gasteiger partial charge < -0.3 is 15.6 Å². The van der Waals surface area contributed by atoms with E-state index in [0.717, 1.165) is 28.1 Å². The Kier molecular flexibility index (Phi) is 3.43. The zero-order chi connectivity index (χ0) is 16.5. The summed E-state index contributed by atoms with van der Waals surface area (Å²) >= 11 is 0. The van der Waals surface area contributed by atoms with Crippen molar-refractivity contribution in [1.82, 2.24) is 9.55 Å². The predicted molar refractivity (Wildman–Crippen MR) is 99.9 cm³/mol. The maximum Gasteiger partial charge on any atom is 0.137 e. The lowest BCUT2D eigenvalue weighted by atomic mass is 10.2. The van der Waals surface area contributed by atoms with E-state index in [9.17, 15) is 0 Å². The van der Waals surface area contributed by atoms with Crippen LogP contribution in [0.3, 0.4) is 0 Å². The van der Waals surface area contributed by atoms with Crippen molar-refractivity contribution in [2.75, 3.05) is 11.1 Å². The van der Waals surface area contributed by atoms with Crippen molar-refractivity contribution in [2.45, 2.75) is 6.92 Å². The normalized spacial score (nSPS) is 10.9. The van der Waals surface area contributed by atoms with Gasteiger partial charge in [0.2, 0.25) is 0 Å². The van der Waals surface area contributed by atoms with Crippen LogP contribution in [0, 0.1) is 6.92 Å². The smallest absolute Gasteiger partial charge is 0.137 e. The maximum absolute atomic E-state index is 5.72. The van der Waals surface area contributed by atoms with Crippen LogP contribution in [0.5, 0.6) is 0 Å². The molecule has 2 aromatic carbocycles. The average molecular weight is 314 g/mol. The quantitative estimate of drug-likeness (QED) is 0.578. The molecular formula is C20H18N4. The lowest BCUT2D eigenvalue weighted by molar-refractivity contribution is 1.05. The van der Waals surface area contributed by atoms with E-state index in [4.69, 9.17) is 5.73 Å². The highest BCUT2D eigenvalue weighted by atomic mass is 15.0. The van der Waals surface area contributed by atoms with Crippen LogP contribution in [-0.2, 0) is 0 Å². The molecule has 4 heteroatoms. The number of nitrogens with zero attached hydrogens (tertiary/aromatic N) is 2. The van der Waals surface area contributed by atoms with Crippen LogP contribution < -0.4 is 11.1 Å². The summed E-state index contributed by atoms with van der Waals surface area (Å²) in [5.74, 6) is 0.860.